The molecule has 8 heteroatoms. The van der Waals surface area contributed by atoms with Crippen molar-refractivity contribution in [2.24, 2.45) is 5.92 Å². The average Bonchev–Trinajstić information content (AvgIpc) is 3.34. The molecule has 2 aromatic heterocycles. The Morgan fingerprint density at radius 1 is 1.32 bits per heavy atom. The molecule has 0 aromatic carbocycles. The van der Waals surface area contributed by atoms with Gasteiger partial charge >= 0.3 is 0 Å². The first-order chi connectivity index (χ1) is 13.6. The molecule has 0 unspecified atom stereocenters. The van der Waals surface area contributed by atoms with Crippen molar-refractivity contribution >= 4 is 11.8 Å². The van der Waals surface area contributed by atoms with E-state index in [1.807, 2.05) is 6.92 Å². The number of aryl methyl sites for hydroxylation is 1. The minimum atomic E-state index is -0.291. The van der Waals surface area contributed by atoms with E-state index in [4.69, 9.17) is 9.26 Å². The summed E-state index contributed by atoms with van der Waals surface area (Å²) in [6, 6.07) is 3.39. The van der Waals surface area contributed by atoms with Crippen molar-refractivity contribution in [1.82, 2.24) is 20.4 Å². The number of pyridine rings is 1. The van der Waals surface area contributed by atoms with E-state index in [2.05, 4.69) is 15.5 Å². The standard InChI is InChI=1S/C20H24N4O4/c1-2-17-16(11-23-28-17)19(26)24-12-20(13-24)15(6-10-27-20)5-9-22-18(25)14-3-7-21-8-4-14/h3-4,7-8,11,15H,2,5-6,9-10,12-13H2,1H3,(H,22,25)/t15-/m0/s1. The van der Waals surface area contributed by atoms with Gasteiger partial charge in [-0.3, -0.25) is 14.6 Å². The van der Waals surface area contributed by atoms with Gasteiger partial charge in [-0.1, -0.05) is 12.1 Å². The van der Waals surface area contributed by atoms with Gasteiger partial charge in [-0.25, -0.2) is 0 Å². The predicted molar refractivity (Wildman–Crippen MR) is 99.8 cm³/mol. The first-order valence-electron chi connectivity index (χ1n) is 9.68. The van der Waals surface area contributed by atoms with Crippen LogP contribution in [0.3, 0.4) is 0 Å². The summed E-state index contributed by atoms with van der Waals surface area (Å²) in [5.41, 5.74) is 0.852. The summed E-state index contributed by atoms with van der Waals surface area (Å²) in [6.45, 7) is 4.35. The maximum absolute atomic E-state index is 12.7. The Bertz CT molecular complexity index is 845. The molecule has 2 aliphatic heterocycles. The molecule has 0 bridgehead atoms. The van der Waals surface area contributed by atoms with E-state index < -0.39 is 0 Å². The first kappa shape index (κ1) is 18.6. The third-order valence-corrected chi connectivity index (χ3v) is 5.72. The number of hydrogen-bond acceptors (Lipinski definition) is 6. The number of likely N-dealkylation sites (tertiary alicyclic amines) is 1. The average molecular weight is 384 g/mol. The van der Waals surface area contributed by atoms with Crippen LogP contribution in [0.5, 0.6) is 0 Å². The van der Waals surface area contributed by atoms with Crippen molar-refractivity contribution in [2.45, 2.75) is 31.8 Å². The van der Waals surface area contributed by atoms with Gasteiger partial charge in [0.15, 0.2) is 0 Å². The summed E-state index contributed by atoms with van der Waals surface area (Å²) in [5.74, 6) is 0.792. The topological polar surface area (TPSA) is 97.6 Å². The lowest BCUT2D eigenvalue weighted by atomic mass is 9.78. The highest BCUT2D eigenvalue weighted by molar-refractivity contribution is 5.95. The number of hydrogen-bond donors (Lipinski definition) is 1. The second-order valence-electron chi connectivity index (χ2n) is 7.36. The summed E-state index contributed by atoms with van der Waals surface area (Å²) < 4.78 is 11.2. The molecule has 2 saturated heterocycles. The number of nitrogens with zero attached hydrogens (tertiary/aromatic N) is 3. The molecular formula is C20H24N4O4. The van der Waals surface area contributed by atoms with Gasteiger partial charge in [0.05, 0.1) is 19.3 Å². The SMILES string of the molecule is CCc1oncc1C(=O)N1CC2(C1)OCC[C@@H]2CCNC(=O)c1ccncc1. The molecule has 148 valence electrons. The minimum absolute atomic E-state index is 0.0519. The molecular weight excluding hydrogens is 360 g/mol. The molecule has 1 N–H and O–H groups in total. The lowest BCUT2D eigenvalue weighted by Gasteiger charge is -2.50. The highest BCUT2D eigenvalue weighted by atomic mass is 16.5. The van der Waals surface area contributed by atoms with Crippen molar-refractivity contribution in [3.05, 3.63) is 47.6 Å². The maximum Gasteiger partial charge on any atom is 0.259 e. The van der Waals surface area contributed by atoms with Crippen LogP contribution in [-0.4, -0.2) is 58.7 Å². The fourth-order valence-electron chi connectivity index (χ4n) is 4.11. The van der Waals surface area contributed by atoms with Gasteiger partial charge in [0.1, 0.15) is 16.9 Å². The fourth-order valence-corrected chi connectivity index (χ4v) is 4.11. The van der Waals surface area contributed by atoms with Crippen molar-refractivity contribution < 1.29 is 18.8 Å². The van der Waals surface area contributed by atoms with Crippen LogP contribution in [0.15, 0.2) is 35.2 Å². The van der Waals surface area contributed by atoms with Crippen LogP contribution in [0, 0.1) is 5.92 Å². The summed E-state index contributed by atoms with van der Waals surface area (Å²) in [7, 11) is 0. The van der Waals surface area contributed by atoms with Crippen LogP contribution < -0.4 is 5.32 Å². The molecule has 2 aromatic rings. The Morgan fingerprint density at radius 2 is 2.11 bits per heavy atom. The van der Waals surface area contributed by atoms with Gasteiger partial charge in [0.2, 0.25) is 0 Å². The Morgan fingerprint density at radius 3 is 2.86 bits per heavy atom. The zero-order valence-corrected chi connectivity index (χ0v) is 15.9. The summed E-state index contributed by atoms with van der Waals surface area (Å²) >= 11 is 0. The summed E-state index contributed by atoms with van der Waals surface area (Å²) in [4.78, 5) is 30.6. The van der Waals surface area contributed by atoms with Gasteiger partial charge in [-0.05, 0) is 30.9 Å². The molecule has 0 aliphatic carbocycles. The molecule has 4 rings (SSSR count). The molecule has 2 aliphatic rings. The van der Waals surface area contributed by atoms with E-state index in [0.29, 0.717) is 55.5 Å². The number of nitrogens with one attached hydrogen (secondary N) is 1. The molecule has 2 fully saturated rings. The van der Waals surface area contributed by atoms with Crippen LogP contribution in [0.1, 0.15) is 46.2 Å². The minimum Gasteiger partial charge on any atom is -0.371 e. The Kier molecular flexibility index (Phi) is 5.13. The van der Waals surface area contributed by atoms with Crippen LogP contribution in [0.2, 0.25) is 0 Å². The molecule has 28 heavy (non-hydrogen) atoms. The Balaban J connectivity index is 1.30. The number of aromatic nitrogens is 2. The van der Waals surface area contributed by atoms with E-state index >= 15 is 0 Å². The molecule has 0 saturated carbocycles. The lowest BCUT2D eigenvalue weighted by molar-refractivity contribution is -0.117. The van der Waals surface area contributed by atoms with Crippen LogP contribution in [0.25, 0.3) is 0 Å². The van der Waals surface area contributed by atoms with Crippen LogP contribution >= 0.6 is 0 Å². The molecule has 8 nitrogen and oxygen atoms in total. The molecule has 1 spiro atoms. The van der Waals surface area contributed by atoms with Gasteiger partial charge in [-0.2, -0.15) is 0 Å². The van der Waals surface area contributed by atoms with Crippen molar-refractivity contribution in [3.8, 4) is 0 Å². The quantitative estimate of drug-likeness (QED) is 0.814. The van der Waals surface area contributed by atoms with E-state index in [-0.39, 0.29) is 17.4 Å². The van der Waals surface area contributed by atoms with Gasteiger partial charge in [0.25, 0.3) is 11.8 Å². The van der Waals surface area contributed by atoms with Crippen molar-refractivity contribution in [1.29, 1.82) is 0 Å². The number of carbonyl (C=O) groups excluding carboxylic acids is 2. The second-order valence-corrected chi connectivity index (χ2v) is 7.36. The highest BCUT2D eigenvalue weighted by Crippen LogP contribution is 2.42. The van der Waals surface area contributed by atoms with Crippen molar-refractivity contribution in [3.63, 3.8) is 0 Å². The maximum atomic E-state index is 12.7. The van der Waals surface area contributed by atoms with E-state index in [1.54, 1.807) is 29.4 Å². The van der Waals surface area contributed by atoms with Crippen molar-refractivity contribution in [2.75, 3.05) is 26.2 Å². The molecule has 0 radical (unpaired) electrons. The fraction of sp³-hybridized carbons (Fsp3) is 0.500. The van der Waals surface area contributed by atoms with Gasteiger partial charge in [0, 0.05) is 37.5 Å². The second kappa shape index (κ2) is 7.71. The lowest BCUT2D eigenvalue weighted by Crippen LogP contribution is -2.66. The Labute approximate surface area is 163 Å². The number of carbonyl (C=O) groups is 2. The Hall–Kier alpha value is -2.74. The predicted octanol–water partition coefficient (Wildman–Crippen LogP) is 1.68. The zero-order chi connectivity index (χ0) is 19.6. The van der Waals surface area contributed by atoms with Crippen LogP contribution in [0.4, 0.5) is 0 Å². The smallest absolute Gasteiger partial charge is 0.259 e. The number of rotatable bonds is 6. The third kappa shape index (κ3) is 3.40. The van der Waals surface area contributed by atoms with Gasteiger partial charge in [-0.15, -0.1) is 0 Å². The zero-order valence-electron chi connectivity index (χ0n) is 15.9. The van der Waals surface area contributed by atoms with Gasteiger partial charge < -0.3 is 19.5 Å². The van der Waals surface area contributed by atoms with Crippen LogP contribution in [-0.2, 0) is 11.2 Å². The normalized spacial score (nSPS) is 20.2. The first-order valence-corrected chi connectivity index (χ1v) is 9.68. The van der Waals surface area contributed by atoms with E-state index in [1.165, 1.54) is 6.20 Å². The molecule has 4 heterocycles. The summed E-state index contributed by atoms with van der Waals surface area (Å²) in [5, 5.41) is 6.70. The number of amides is 2. The highest BCUT2D eigenvalue weighted by Gasteiger charge is 2.54. The van der Waals surface area contributed by atoms with E-state index in [9.17, 15) is 9.59 Å². The third-order valence-electron chi connectivity index (χ3n) is 5.72. The molecule has 2 amide bonds. The van der Waals surface area contributed by atoms with E-state index in [0.717, 1.165) is 12.8 Å². The largest absolute Gasteiger partial charge is 0.371 e. The summed E-state index contributed by atoms with van der Waals surface area (Å²) in [6.07, 6.45) is 7.11. The number of ether oxygens (including phenoxy) is 1. The molecule has 1 atom stereocenters. The monoisotopic (exact) mass is 384 g/mol.